The predicted molar refractivity (Wildman–Crippen MR) is 111 cm³/mol. The molecule has 0 amide bonds. The number of hydrogen-bond acceptors (Lipinski definition) is 4. The summed E-state index contributed by atoms with van der Waals surface area (Å²) >= 11 is 0. The van der Waals surface area contributed by atoms with E-state index in [2.05, 4.69) is 73.2 Å². The van der Waals surface area contributed by atoms with Gasteiger partial charge in [0.1, 0.15) is 6.33 Å². The normalized spacial score (nSPS) is 11.0. The minimum Gasteiger partial charge on any atom is -0.381 e. The van der Waals surface area contributed by atoms with Gasteiger partial charge in [-0.1, -0.05) is 36.4 Å². The Morgan fingerprint density at radius 3 is 2.61 bits per heavy atom. The number of anilines is 1. The smallest absolute Gasteiger partial charge is 0.155 e. The Morgan fingerprint density at radius 2 is 1.75 bits per heavy atom. The molecule has 0 saturated heterocycles. The summed E-state index contributed by atoms with van der Waals surface area (Å²) in [6, 6.07) is 24.8. The molecule has 0 saturated carbocycles. The van der Waals surface area contributed by atoms with Gasteiger partial charge in [0.05, 0.1) is 11.2 Å². The lowest BCUT2D eigenvalue weighted by molar-refractivity contribution is 1.10. The zero-order valence-corrected chi connectivity index (χ0v) is 15.1. The Morgan fingerprint density at radius 1 is 0.821 bits per heavy atom. The number of aromatic amines is 2. The van der Waals surface area contributed by atoms with E-state index >= 15 is 0 Å². The first-order chi connectivity index (χ1) is 13.9. The monoisotopic (exact) mass is 366 g/mol. The number of rotatable bonds is 5. The van der Waals surface area contributed by atoms with E-state index in [4.69, 9.17) is 0 Å². The van der Waals surface area contributed by atoms with Crippen LogP contribution in [-0.4, -0.2) is 25.4 Å². The van der Waals surface area contributed by atoms with Crippen molar-refractivity contribution < 1.29 is 0 Å². The summed E-state index contributed by atoms with van der Waals surface area (Å²) in [6.45, 7) is 0.753. The summed E-state index contributed by atoms with van der Waals surface area (Å²) in [4.78, 5) is 4.24. The van der Waals surface area contributed by atoms with Crippen molar-refractivity contribution in [3.8, 4) is 22.6 Å². The molecule has 5 rings (SSSR count). The standard InChI is InChI=1S/C22H18N6/c1-2-7-18(8-3-1)23-13-15-5-4-6-16(11-15)21-19-12-17(22-24-14-25-28-22)9-10-20(19)26-27-21/h1-12,14,23H,13H2,(H,26,27)(H,24,25,28). The Bertz CT molecular complexity index is 1210. The number of para-hydroxylation sites is 1. The van der Waals surface area contributed by atoms with Gasteiger partial charge in [-0.05, 0) is 42.0 Å². The van der Waals surface area contributed by atoms with E-state index in [1.54, 1.807) is 0 Å². The number of H-pyrrole nitrogens is 2. The van der Waals surface area contributed by atoms with Crippen LogP contribution >= 0.6 is 0 Å². The van der Waals surface area contributed by atoms with Crippen LogP contribution in [0.25, 0.3) is 33.5 Å². The second-order valence-corrected chi connectivity index (χ2v) is 6.59. The first-order valence-corrected chi connectivity index (χ1v) is 9.09. The molecule has 0 unspecified atom stereocenters. The van der Waals surface area contributed by atoms with E-state index in [9.17, 15) is 0 Å². The molecule has 0 atom stereocenters. The summed E-state index contributed by atoms with van der Waals surface area (Å²) in [5.74, 6) is 0.745. The molecule has 6 heteroatoms. The summed E-state index contributed by atoms with van der Waals surface area (Å²) in [5, 5.41) is 19.0. The molecule has 3 N–H and O–H groups in total. The Kier molecular flexibility index (Phi) is 4.06. The van der Waals surface area contributed by atoms with Gasteiger partial charge in [-0.3, -0.25) is 10.2 Å². The zero-order chi connectivity index (χ0) is 18.8. The molecule has 0 fully saturated rings. The zero-order valence-electron chi connectivity index (χ0n) is 15.1. The second kappa shape index (κ2) is 7.00. The second-order valence-electron chi connectivity index (χ2n) is 6.59. The number of benzene rings is 3. The molecular weight excluding hydrogens is 348 g/mol. The van der Waals surface area contributed by atoms with Crippen LogP contribution in [0.4, 0.5) is 5.69 Å². The Balaban J connectivity index is 1.47. The van der Waals surface area contributed by atoms with E-state index in [1.165, 1.54) is 11.9 Å². The molecule has 0 spiro atoms. The average Bonchev–Trinajstić information content (AvgIpc) is 3.43. The third-order valence-corrected chi connectivity index (χ3v) is 4.72. The molecule has 3 aromatic carbocycles. The van der Waals surface area contributed by atoms with Gasteiger partial charge in [0, 0.05) is 28.7 Å². The summed E-state index contributed by atoms with van der Waals surface area (Å²) < 4.78 is 0. The van der Waals surface area contributed by atoms with Gasteiger partial charge in [-0.2, -0.15) is 10.2 Å². The molecule has 0 aliphatic heterocycles. The highest BCUT2D eigenvalue weighted by molar-refractivity contribution is 5.95. The van der Waals surface area contributed by atoms with Gasteiger partial charge in [-0.15, -0.1) is 0 Å². The van der Waals surface area contributed by atoms with Crippen LogP contribution in [0, 0.1) is 0 Å². The van der Waals surface area contributed by atoms with E-state index in [0.29, 0.717) is 0 Å². The summed E-state index contributed by atoms with van der Waals surface area (Å²) in [7, 11) is 0. The SMILES string of the molecule is c1ccc(NCc2cccc(-c3n[nH]c4ccc(-c5ncn[nH]5)cc34)c2)cc1. The van der Waals surface area contributed by atoms with Crippen molar-refractivity contribution >= 4 is 16.6 Å². The van der Waals surface area contributed by atoms with Crippen molar-refractivity contribution in [1.82, 2.24) is 25.4 Å². The first-order valence-electron chi connectivity index (χ1n) is 9.09. The van der Waals surface area contributed by atoms with E-state index in [-0.39, 0.29) is 0 Å². The van der Waals surface area contributed by atoms with Crippen LogP contribution in [0.2, 0.25) is 0 Å². The maximum atomic E-state index is 4.56. The fourth-order valence-electron chi connectivity index (χ4n) is 3.31. The summed E-state index contributed by atoms with van der Waals surface area (Å²) in [5.41, 5.74) is 6.28. The number of hydrogen-bond donors (Lipinski definition) is 3. The van der Waals surface area contributed by atoms with Crippen molar-refractivity contribution in [3.63, 3.8) is 0 Å². The molecule has 0 radical (unpaired) electrons. The molecule has 0 aliphatic carbocycles. The summed E-state index contributed by atoms with van der Waals surface area (Å²) in [6.07, 6.45) is 1.51. The molecule has 2 aromatic heterocycles. The lowest BCUT2D eigenvalue weighted by Crippen LogP contribution is -1.99. The Hall–Kier alpha value is -3.93. The number of fused-ring (bicyclic) bond motifs is 1. The Labute approximate surface area is 161 Å². The first kappa shape index (κ1) is 16.3. The molecule has 136 valence electrons. The highest BCUT2D eigenvalue weighted by atomic mass is 15.2. The third kappa shape index (κ3) is 3.12. The van der Waals surface area contributed by atoms with Crippen molar-refractivity contribution in [2.75, 3.05) is 5.32 Å². The van der Waals surface area contributed by atoms with Gasteiger partial charge >= 0.3 is 0 Å². The maximum Gasteiger partial charge on any atom is 0.155 e. The van der Waals surface area contributed by atoms with Crippen molar-refractivity contribution in [2.24, 2.45) is 0 Å². The van der Waals surface area contributed by atoms with Crippen LogP contribution in [-0.2, 0) is 6.54 Å². The topological polar surface area (TPSA) is 82.3 Å². The minimum absolute atomic E-state index is 0.745. The van der Waals surface area contributed by atoms with Crippen LogP contribution in [0.15, 0.2) is 79.1 Å². The van der Waals surface area contributed by atoms with Gasteiger partial charge in [0.15, 0.2) is 5.82 Å². The maximum absolute atomic E-state index is 4.56. The number of aromatic nitrogens is 5. The van der Waals surface area contributed by atoms with Gasteiger partial charge in [0.2, 0.25) is 0 Å². The molecule has 5 aromatic rings. The number of nitrogens with zero attached hydrogens (tertiary/aromatic N) is 3. The molecular formula is C22H18N6. The minimum atomic E-state index is 0.745. The van der Waals surface area contributed by atoms with E-state index in [0.717, 1.165) is 45.8 Å². The largest absolute Gasteiger partial charge is 0.381 e. The molecule has 0 aliphatic rings. The molecule has 2 heterocycles. The average molecular weight is 366 g/mol. The van der Waals surface area contributed by atoms with Crippen LogP contribution < -0.4 is 5.32 Å². The van der Waals surface area contributed by atoms with E-state index < -0.39 is 0 Å². The fraction of sp³-hybridized carbons (Fsp3) is 0.0455. The van der Waals surface area contributed by atoms with Gasteiger partial charge in [-0.25, -0.2) is 4.98 Å². The van der Waals surface area contributed by atoms with E-state index in [1.807, 2.05) is 30.3 Å². The van der Waals surface area contributed by atoms with Gasteiger partial charge < -0.3 is 5.32 Å². The third-order valence-electron chi connectivity index (χ3n) is 4.72. The molecule has 28 heavy (non-hydrogen) atoms. The van der Waals surface area contributed by atoms with Crippen LogP contribution in [0.3, 0.4) is 0 Å². The lowest BCUT2D eigenvalue weighted by atomic mass is 10.0. The quantitative estimate of drug-likeness (QED) is 0.424. The molecule has 0 bridgehead atoms. The highest BCUT2D eigenvalue weighted by Gasteiger charge is 2.11. The van der Waals surface area contributed by atoms with Crippen molar-refractivity contribution in [2.45, 2.75) is 6.54 Å². The predicted octanol–water partition coefficient (Wildman–Crippen LogP) is 4.63. The van der Waals surface area contributed by atoms with Crippen molar-refractivity contribution in [1.29, 1.82) is 0 Å². The van der Waals surface area contributed by atoms with Crippen molar-refractivity contribution in [3.05, 3.63) is 84.7 Å². The number of nitrogens with one attached hydrogen (secondary N) is 3. The molecule has 6 nitrogen and oxygen atoms in total. The van der Waals surface area contributed by atoms with Crippen LogP contribution in [0.1, 0.15) is 5.56 Å². The van der Waals surface area contributed by atoms with Gasteiger partial charge in [0.25, 0.3) is 0 Å². The highest BCUT2D eigenvalue weighted by Crippen LogP contribution is 2.30. The van der Waals surface area contributed by atoms with Crippen LogP contribution in [0.5, 0.6) is 0 Å². The lowest BCUT2D eigenvalue weighted by Gasteiger charge is -2.08. The fourth-order valence-corrected chi connectivity index (χ4v) is 3.31.